The number of rotatable bonds is 4. The summed E-state index contributed by atoms with van der Waals surface area (Å²) in [6, 6.07) is 16.7. The van der Waals surface area contributed by atoms with Crippen LogP contribution in [0.25, 0.3) is 11.5 Å². The minimum absolute atomic E-state index is 0.112. The third-order valence-corrected chi connectivity index (χ3v) is 5.15. The second kappa shape index (κ2) is 6.76. The lowest BCUT2D eigenvalue weighted by molar-refractivity contribution is -0.121. The molecular formula is C19H15N3O3S. The Hall–Kier alpha value is -2.93. The number of anilines is 1. The van der Waals surface area contributed by atoms with Gasteiger partial charge in [0, 0.05) is 12.0 Å². The van der Waals surface area contributed by atoms with Crippen LogP contribution < -0.4 is 4.90 Å². The highest BCUT2D eigenvalue weighted by Gasteiger charge is 2.41. The van der Waals surface area contributed by atoms with E-state index in [9.17, 15) is 9.59 Å². The van der Waals surface area contributed by atoms with Gasteiger partial charge in [0.2, 0.25) is 17.7 Å². The summed E-state index contributed by atoms with van der Waals surface area (Å²) >= 11 is 1.13. The molecule has 1 aliphatic rings. The monoisotopic (exact) mass is 365 g/mol. The quantitative estimate of drug-likeness (QED) is 0.659. The molecule has 0 saturated carbocycles. The SMILES string of the molecule is Cc1ccccc1N1C(=O)C[C@@H](Sc2nnc(-c3ccccc3)o2)C1=O. The average molecular weight is 365 g/mol. The fraction of sp³-hybridized carbons (Fsp3) is 0.158. The van der Waals surface area contributed by atoms with Crippen molar-refractivity contribution in [2.45, 2.75) is 23.8 Å². The summed E-state index contributed by atoms with van der Waals surface area (Å²) in [5.74, 6) is -0.0843. The van der Waals surface area contributed by atoms with Gasteiger partial charge in [0.1, 0.15) is 5.25 Å². The summed E-state index contributed by atoms with van der Waals surface area (Å²) in [5, 5.41) is 7.73. The summed E-state index contributed by atoms with van der Waals surface area (Å²) in [5.41, 5.74) is 2.31. The van der Waals surface area contributed by atoms with Crippen molar-refractivity contribution in [3.05, 3.63) is 60.2 Å². The topological polar surface area (TPSA) is 76.3 Å². The van der Waals surface area contributed by atoms with E-state index in [0.29, 0.717) is 11.6 Å². The van der Waals surface area contributed by atoms with Crippen molar-refractivity contribution in [3.8, 4) is 11.5 Å². The average Bonchev–Trinajstić information content (AvgIpc) is 3.22. The standard InChI is InChI=1S/C19H15N3O3S/c1-12-7-5-6-10-14(12)22-16(23)11-15(18(22)24)26-19-21-20-17(25-19)13-8-3-2-4-9-13/h2-10,15H,11H2,1H3/t15-/m1/s1. The summed E-state index contributed by atoms with van der Waals surface area (Å²) in [4.78, 5) is 26.4. The minimum atomic E-state index is -0.564. The number of carbonyl (C=O) groups excluding carboxylic acids is 2. The summed E-state index contributed by atoms with van der Waals surface area (Å²) in [6.07, 6.45) is 0.112. The molecular weight excluding hydrogens is 350 g/mol. The Kier molecular flexibility index (Phi) is 4.30. The third kappa shape index (κ3) is 3.01. The van der Waals surface area contributed by atoms with Crippen LogP contribution in [0.5, 0.6) is 0 Å². The maximum Gasteiger partial charge on any atom is 0.277 e. The van der Waals surface area contributed by atoms with Crippen LogP contribution >= 0.6 is 11.8 Å². The molecule has 1 saturated heterocycles. The van der Waals surface area contributed by atoms with E-state index >= 15 is 0 Å². The molecule has 6 nitrogen and oxygen atoms in total. The zero-order valence-corrected chi connectivity index (χ0v) is 14.8. The summed E-state index contributed by atoms with van der Waals surface area (Å²) < 4.78 is 5.64. The van der Waals surface area contributed by atoms with Gasteiger partial charge < -0.3 is 4.42 Å². The highest BCUT2D eigenvalue weighted by molar-refractivity contribution is 8.00. The number of thioether (sulfide) groups is 1. The van der Waals surface area contributed by atoms with Crippen LogP contribution in [-0.4, -0.2) is 27.3 Å². The molecule has 1 fully saturated rings. The Morgan fingerprint density at radius 3 is 2.54 bits per heavy atom. The number of benzene rings is 2. The molecule has 0 unspecified atom stereocenters. The molecule has 2 heterocycles. The normalized spacial score (nSPS) is 17.1. The highest BCUT2D eigenvalue weighted by atomic mass is 32.2. The number of imide groups is 1. The van der Waals surface area contributed by atoms with Crippen molar-refractivity contribution < 1.29 is 14.0 Å². The number of carbonyl (C=O) groups is 2. The van der Waals surface area contributed by atoms with Gasteiger partial charge in [-0.05, 0) is 30.7 Å². The van der Waals surface area contributed by atoms with Crippen molar-refractivity contribution in [1.82, 2.24) is 10.2 Å². The fourth-order valence-electron chi connectivity index (χ4n) is 2.84. The van der Waals surface area contributed by atoms with Crippen molar-refractivity contribution in [3.63, 3.8) is 0 Å². The lowest BCUT2D eigenvalue weighted by atomic mass is 10.2. The molecule has 7 heteroatoms. The zero-order chi connectivity index (χ0) is 18.1. The van der Waals surface area contributed by atoms with Crippen LogP contribution in [0.1, 0.15) is 12.0 Å². The number of aryl methyl sites for hydroxylation is 1. The summed E-state index contributed by atoms with van der Waals surface area (Å²) in [6.45, 7) is 1.88. The van der Waals surface area contributed by atoms with Gasteiger partial charge in [0.25, 0.3) is 5.22 Å². The number of hydrogen-bond donors (Lipinski definition) is 0. The van der Waals surface area contributed by atoms with Crippen LogP contribution in [-0.2, 0) is 9.59 Å². The lowest BCUT2D eigenvalue weighted by Crippen LogP contribution is -2.31. The number of nitrogens with zero attached hydrogens (tertiary/aromatic N) is 3. The second-order valence-electron chi connectivity index (χ2n) is 5.90. The Morgan fingerprint density at radius 1 is 1.04 bits per heavy atom. The molecule has 0 spiro atoms. The van der Waals surface area contributed by atoms with Crippen molar-refractivity contribution in [2.24, 2.45) is 0 Å². The number of aromatic nitrogens is 2. The van der Waals surface area contributed by atoms with E-state index in [2.05, 4.69) is 10.2 Å². The van der Waals surface area contributed by atoms with Gasteiger partial charge in [0.15, 0.2) is 0 Å². The van der Waals surface area contributed by atoms with E-state index in [1.807, 2.05) is 55.5 Å². The molecule has 130 valence electrons. The van der Waals surface area contributed by atoms with Gasteiger partial charge >= 0.3 is 0 Å². The van der Waals surface area contributed by atoms with Gasteiger partial charge in [-0.1, -0.05) is 48.2 Å². The largest absolute Gasteiger partial charge is 0.411 e. The van der Waals surface area contributed by atoms with Crippen LogP contribution in [0.15, 0.2) is 64.2 Å². The Bertz CT molecular complexity index is 971. The van der Waals surface area contributed by atoms with E-state index < -0.39 is 5.25 Å². The van der Waals surface area contributed by atoms with Crippen LogP contribution in [0.3, 0.4) is 0 Å². The number of hydrogen-bond acceptors (Lipinski definition) is 6. The van der Waals surface area contributed by atoms with Gasteiger partial charge in [-0.25, -0.2) is 4.90 Å². The molecule has 0 bridgehead atoms. The number of para-hydroxylation sites is 1. The minimum Gasteiger partial charge on any atom is -0.411 e. The fourth-order valence-corrected chi connectivity index (χ4v) is 3.73. The predicted octanol–water partition coefficient (Wildman–Crippen LogP) is 3.47. The first kappa shape index (κ1) is 16.5. The summed E-state index contributed by atoms with van der Waals surface area (Å²) in [7, 11) is 0. The van der Waals surface area contributed by atoms with E-state index in [0.717, 1.165) is 22.9 Å². The van der Waals surface area contributed by atoms with E-state index in [4.69, 9.17) is 4.42 Å². The van der Waals surface area contributed by atoms with Crippen molar-refractivity contribution in [2.75, 3.05) is 4.90 Å². The zero-order valence-electron chi connectivity index (χ0n) is 14.0. The lowest BCUT2D eigenvalue weighted by Gasteiger charge is -2.16. The van der Waals surface area contributed by atoms with Crippen LogP contribution in [0, 0.1) is 6.92 Å². The Morgan fingerprint density at radius 2 is 1.77 bits per heavy atom. The van der Waals surface area contributed by atoms with Crippen LogP contribution in [0.2, 0.25) is 0 Å². The predicted molar refractivity (Wildman–Crippen MR) is 97.7 cm³/mol. The second-order valence-corrected chi connectivity index (χ2v) is 7.06. The van der Waals surface area contributed by atoms with Gasteiger partial charge in [-0.15, -0.1) is 10.2 Å². The van der Waals surface area contributed by atoms with Gasteiger partial charge in [-0.3, -0.25) is 9.59 Å². The molecule has 4 rings (SSSR count). The van der Waals surface area contributed by atoms with Gasteiger partial charge in [-0.2, -0.15) is 0 Å². The molecule has 0 aliphatic carbocycles. The maximum absolute atomic E-state index is 12.7. The Balaban J connectivity index is 1.53. The maximum atomic E-state index is 12.7. The first-order valence-electron chi connectivity index (χ1n) is 8.11. The molecule has 3 aromatic rings. The molecule has 2 amide bonds. The van der Waals surface area contributed by atoms with E-state index in [1.165, 1.54) is 4.90 Å². The van der Waals surface area contributed by atoms with Crippen molar-refractivity contribution >= 4 is 29.3 Å². The molecule has 0 radical (unpaired) electrons. The third-order valence-electron chi connectivity index (χ3n) is 4.13. The molecule has 0 N–H and O–H groups in total. The first-order valence-corrected chi connectivity index (χ1v) is 8.99. The molecule has 1 aliphatic heterocycles. The van der Waals surface area contributed by atoms with Crippen LogP contribution in [0.4, 0.5) is 5.69 Å². The first-order chi connectivity index (χ1) is 12.6. The molecule has 2 aromatic carbocycles. The van der Waals surface area contributed by atoms with Crippen molar-refractivity contribution in [1.29, 1.82) is 0 Å². The molecule has 26 heavy (non-hydrogen) atoms. The van der Waals surface area contributed by atoms with E-state index in [-0.39, 0.29) is 23.5 Å². The smallest absolute Gasteiger partial charge is 0.277 e. The van der Waals surface area contributed by atoms with Gasteiger partial charge in [0.05, 0.1) is 5.69 Å². The molecule has 1 aromatic heterocycles. The molecule has 1 atom stereocenters. The number of amides is 2. The Labute approximate surface area is 154 Å². The van der Waals surface area contributed by atoms with E-state index in [1.54, 1.807) is 6.07 Å². The highest BCUT2D eigenvalue weighted by Crippen LogP contribution is 2.35.